The van der Waals surface area contributed by atoms with E-state index in [1.54, 1.807) is 45.0 Å². The number of ether oxygens (including phenoxy) is 2. The Balaban J connectivity index is 1.65. The highest BCUT2D eigenvalue weighted by Gasteiger charge is 2.46. The maximum atomic E-state index is 13.7. The zero-order chi connectivity index (χ0) is 26.3. The first-order chi connectivity index (χ1) is 16.8. The Morgan fingerprint density at radius 1 is 1.08 bits per heavy atom. The van der Waals surface area contributed by atoms with Gasteiger partial charge >= 0.3 is 12.3 Å². The molecule has 1 aliphatic carbocycles. The Kier molecular flexibility index (Phi) is 6.64. The molecule has 0 bridgehead atoms. The van der Waals surface area contributed by atoms with Gasteiger partial charge in [0, 0.05) is 18.5 Å². The molecule has 2 aromatic carbocycles. The summed E-state index contributed by atoms with van der Waals surface area (Å²) in [6.07, 6.45) is -1.80. The highest BCUT2D eigenvalue weighted by atomic mass is 19.4. The van der Waals surface area contributed by atoms with Gasteiger partial charge in [-0.05, 0) is 69.4 Å². The predicted molar refractivity (Wildman–Crippen MR) is 130 cm³/mol. The number of alkyl halides is 3. The second-order valence-electron chi connectivity index (χ2n) is 10.1. The van der Waals surface area contributed by atoms with Gasteiger partial charge in [-0.1, -0.05) is 24.3 Å². The van der Waals surface area contributed by atoms with Crippen LogP contribution in [0.4, 0.5) is 23.7 Å². The first kappa shape index (κ1) is 25.8. The molecule has 1 aliphatic rings. The van der Waals surface area contributed by atoms with Crippen LogP contribution in [0.3, 0.4) is 0 Å². The van der Waals surface area contributed by atoms with E-state index >= 15 is 0 Å². The average molecular weight is 503 g/mol. The molecule has 1 amide bonds. The molecule has 36 heavy (non-hydrogen) atoms. The summed E-state index contributed by atoms with van der Waals surface area (Å²) in [4.78, 5) is 24.5. The number of benzene rings is 2. The third kappa shape index (κ3) is 5.26. The van der Waals surface area contributed by atoms with Crippen molar-refractivity contribution in [3.8, 4) is 0 Å². The molecule has 0 atom stereocenters. The number of carbonyl (C=O) groups is 2. The van der Waals surface area contributed by atoms with Crippen LogP contribution in [0.2, 0.25) is 0 Å². The van der Waals surface area contributed by atoms with Crippen molar-refractivity contribution in [1.82, 2.24) is 4.57 Å². The SMILES string of the molecule is CC(=O)Nc1cn(C(=O)OC(C)(C)C)c2ccc(COC3(c4ccccc4C(F)(F)F)CCC3)cc12. The topological polar surface area (TPSA) is 69.6 Å². The van der Waals surface area contributed by atoms with Crippen LogP contribution in [0.25, 0.3) is 10.9 Å². The first-order valence-electron chi connectivity index (χ1n) is 11.7. The van der Waals surface area contributed by atoms with E-state index in [1.165, 1.54) is 29.8 Å². The van der Waals surface area contributed by atoms with Crippen LogP contribution in [0.1, 0.15) is 63.6 Å². The summed E-state index contributed by atoms with van der Waals surface area (Å²) < 4.78 is 54.0. The normalized spacial score (nSPS) is 15.4. The number of amides is 1. The number of aromatic nitrogens is 1. The monoisotopic (exact) mass is 502 g/mol. The summed E-state index contributed by atoms with van der Waals surface area (Å²) in [5.41, 5.74) is -0.596. The molecular weight excluding hydrogens is 473 g/mol. The third-order valence-corrected chi connectivity index (χ3v) is 6.17. The van der Waals surface area contributed by atoms with Gasteiger partial charge in [0.15, 0.2) is 0 Å². The molecular formula is C27H29F3N2O4. The summed E-state index contributed by atoms with van der Waals surface area (Å²) in [6.45, 7) is 6.71. The minimum atomic E-state index is -4.47. The molecule has 0 radical (unpaired) electrons. The Hall–Kier alpha value is -3.33. The summed E-state index contributed by atoms with van der Waals surface area (Å²) in [5.74, 6) is -0.308. The van der Waals surface area contributed by atoms with E-state index < -0.39 is 29.0 Å². The molecule has 192 valence electrons. The van der Waals surface area contributed by atoms with Gasteiger partial charge in [-0.15, -0.1) is 0 Å². The van der Waals surface area contributed by atoms with Gasteiger partial charge in [-0.25, -0.2) is 4.79 Å². The molecule has 1 saturated carbocycles. The van der Waals surface area contributed by atoms with E-state index in [0.717, 1.165) is 12.5 Å². The van der Waals surface area contributed by atoms with E-state index in [1.807, 2.05) is 0 Å². The van der Waals surface area contributed by atoms with Gasteiger partial charge in [0.25, 0.3) is 0 Å². The summed E-state index contributed by atoms with van der Waals surface area (Å²) in [6, 6.07) is 10.8. The fraction of sp³-hybridized carbons (Fsp3) is 0.407. The second kappa shape index (κ2) is 9.28. The van der Waals surface area contributed by atoms with Crippen molar-refractivity contribution in [3.05, 3.63) is 65.4 Å². The van der Waals surface area contributed by atoms with Crippen LogP contribution in [0.15, 0.2) is 48.7 Å². The molecule has 0 saturated heterocycles. The van der Waals surface area contributed by atoms with E-state index in [4.69, 9.17) is 9.47 Å². The quantitative estimate of drug-likeness (QED) is 0.408. The van der Waals surface area contributed by atoms with Gasteiger partial charge in [0.1, 0.15) is 5.60 Å². The molecule has 1 heterocycles. The molecule has 1 aromatic heterocycles. The summed E-state index contributed by atoms with van der Waals surface area (Å²) in [7, 11) is 0. The second-order valence-corrected chi connectivity index (χ2v) is 10.1. The Morgan fingerprint density at radius 3 is 2.36 bits per heavy atom. The Bertz CT molecular complexity index is 1300. The average Bonchev–Trinajstić information content (AvgIpc) is 3.09. The van der Waals surface area contributed by atoms with Crippen molar-refractivity contribution in [3.63, 3.8) is 0 Å². The number of hydrogen-bond acceptors (Lipinski definition) is 4. The van der Waals surface area contributed by atoms with Crippen LogP contribution in [0.5, 0.6) is 0 Å². The molecule has 1 N–H and O–H groups in total. The van der Waals surface area contributed by atoms with Crippen LogP contribution in [-0.4, -0.2) is 22.2 Å². The number of halogens is 3. The molecule has 9 heteroatoms. The van der Waals surface area contributed by atoms with Crippen molar-refractivity contribution in [1.29, 1.82) is 0 Å². The van der Waals surface area contributed by atoms with Crippen molar-refractivity contribution in [2.75, 3.05) is 5.32 Å². The maximum Gasteiger partial charge on any atom is 0.419 e. The lowest BCUT2D eigenvalue weighted by molar-refractivity contribution is -0.150. The van der Waals surface area contributed by atoms with E-state index in [0.29, 0.717) is 35.0 Å². The minimum absolute atomic E-state index is 0.0687. The molecule has 0 unspecified atom stereocenters. The van der Waals surface area contributed by atoms with E-state index in [9.17, 15) is 22.8 Å². The van der Waals surface area contributed by atoms with E-state index in [-0.39, 0.29) is 18.1 Å². The third-order valence-electron chi connectivity index (χ3n) is 6.17. The smallest absolute Gasteiger partial charge is 0.419 e. The van der Waals surface area contributed by atoms with Crippen LogP contribution in [0, 0.1) is 0 Å². The van der Waals surface area contributed by atoms with Crippen molar-refractivity contribution >= 4 is 28.6 Å². The zero-order valence-electron chi connectivity index (χ0n) is 20.7. The van der Waals surface area contributed by atoms with Gasteiger partial charge in [0.05, 0.1) is 29.0 Å². The largest absolute Gasteiger partial charge is 0.443 e. The fourth-order valence-corrected chi connectivity index (χ4v) is 4.46. The van der Waals surface area contributed by atoms with Crippen LogP contribution < -0.4 is 5.32 Å². The predicted octanol–water partition coefficient (Wildman–Crippen LogP) is 7.00. The highest BCUT2D eigenvalue weighted by molar-refractivity contribution is 6.04. The van der Waals surface area contributed by atoms with Gasteiger partial charge in [-0.2, -0.15) is 13.2 Å². The van der Waals surface area contributed by atoms with Gasteiger partial charge in [0.2, 0.25) is 5.91 Å². The number of nitrogens with one attached hydrogen (secondary N) is 1. The van der Waals surface area contributed by atoms with Crippen molar-refractivity contribution in [2.24, 2.45) is 0 Å². The molecule has 4 rings (SSSR count). The molecule has 0 spiro atoms. The maximum absolute atomic E-state index is 13.7. The summed E-state index contributed by atoms with van der Waals surface area (Å²) in [5, 5.41) is 3.32. The fourth-order valence-electron chi connectivity index (χ4n) is 4.46. The molecule has 6 nitrogen and oxygen atoms in total. The highest BCUT2D eigenvalue weighted by Crippen LogP contribution is 2.49. The molecule has 1 fully saturated rings. The number of anilines is 1. The Morgan fingerprint density at radius 2 is 1.78 bits per heavy atom. The van der Waals surface area contributed by atoms with Crippen LogP contribution >= 0.6 is 0 Å². The van der Waals surface area contributed by atoms with Gasteiger partial charge in [-0.3, -0.25) is 9.36 Å². The number of fused-ring (bicyclic) bond motifs is 1. The van der Waals surface area contributed by atoms with Crippen LogP contribution in [-0.2, 0) is 32.7 Å². The zero-order valence-corrected chi connectivity index (χ0v) is 20.7. The van der Waals surface area contributed by atoms with E-state index in [2.05, 4.69) is 5.32 Å². The number of hydrogen-bond donors (Lipinski definition) is 1. The number of rotatable bonds is 5. The number of nitrogens with zero attached hydrogens (tertiary/aromatic N) is 1. The lowest BCUT2D eigenvalue weighted by atomic mass is 9.73. The Labute approximate surface area is 207 Å². The molecule has 3 aromatic rings. The minimum Gasteiger partial charge on any atom is -0.443 e. The van der Waals surface area contributed by atoms with Crippen molar-refractivity contribution < 1.29 is 32.2 Å². The van der Waals surface area contributed by atoms with Crippen molar-refractivity contribution in [2.45, 2.75) is 70.9 Å². The lowest BCUT2D eigenvalue weighted by Crippen LogP contribution is -2.39. The molecule has 0 aliphatic heterocycles. The number of carbonyl (C=O) groups excluding carboxylic acids is 2. The lowest BCUT2D eigenvalue weighted by Gasteiger charge is -2.43. The standard InChI is InChI=1S/C27H29F3N2O4/c1-17(33)31-22-15-32(24(34)36-25(2,3)4)23-11-10-18(14-19(22)23)16-35-26(12-7-13-26)20-8-5-6-9-21(20)27(28,29)30/h5-6,8-11,14-15H,7,12-13,16H2,1-4H3,(H,31,33). The summed E-state index contributed by atoms with van der Waals surface area (Å²) >= 11 is 0. The van der Waals surface area contributed by atoms with Gasteiger partial charge < -0.3 is 14.8 Å². The first-order valence-corrected chi connectivity index (χ1v) is 11.7.